The van der Waals surface area contributed by atoms with Crippen LogP contribution in [0.5, 0.6) is 0 Å². The lowest BCUT2D eigenvalue weighted by Crippen LogP contribution is -2.29. The standard InChI is InChI=1S/C24H27ClN4O.ClH/c1-15-7-8-16(2)21(13-15)28-24(30)19-14-27-29(22-6-4-5-20(25)17(22)3)23(19)18-9-11-26-12-10-18;/h4-8,13-14,18,26H,9-12H2,1-3H3,(H,28,30);1H. The quantitative estimate of drug-likeness (QED) is 0.535. The first-order valence-electron chi connectivity index (χ1n) is 10.4. The van der Waals surface area contributed by atoms with E-state index in [0.29, 0.717) is 10.6 Å². The van der Waals surface area contributed by atoms with Crippen molar-refractivity contribution in [2.75, 3.05) is 18.4 Å². The van der Waals surface area contributed by atoms with Crippen molar-refractivity contribution in [3.8, 4) is 5.69 Å². The lowest BCUT2D eigenvalue weighted by molar-refractivity contribution is 0.102. The second-order valence-electron chi connectivity index (χ2n) is 8.04. The molecule has 0 radical (unpaired) electrons. The Morgan fingerprint density at radius 1 is 1.16 bits per heavy atom. The molecule has 0 spiro atoms. The van der Waals surface area contributed by atoms with E-state index in [1.54, 1.807) is 6.20 Å². The minimum Gasteiger partial charge on any atom is -0.322 e. The van der Waals surface area contributed by atoms with E-state index in [4.69, 9.17) is 11.6 Å². The third kappa shape index (κ3) is 4.79. The maximum Gasteiger partial charge on any atom is 0.259 e. The van der Waals surface area contributed by atoms with Crippen molar-refractivity contribution in [3.05, 3.63) is 75.6 Å². The van der Waals surface area contributed by atoms with Crippen LogP contribution in [0, 0.1) is 20.8 Å². The van der Waals surface area contributed by atoms with E-state index in [1.165, 1.54) is 0 Å². The van der Waals surface area contributed by atoms with Crippen LogP contribution in [0.3, 0.4) is 0 Å². The highest BCUT2D eigenvalue weighted by Crippen LogP contribution is 2.33. The number of benzene rings is 2. The number of carbonyl (C=O) groups is 1. The van der Waals surface area contributed by atoms with Crippen molar-refractivity contribution in [2.24, 2.45) is 0 Å². The van der Waals surface area contributed by atoms with Gasteiger partial charge in [0.05, 0.1) is 23.1 Å². The molecule has 0 aliphatic carbocycles. The Balaban J connectivity index is 0.00000272. The number of carbonyl (C=O) groups excluding carboxylic acids is 1. The van der Waals surface area contributed by atoms with E-state index in [1.807, 2.05) is 61.9 Å². The van der Waals surface area contributed by atoms with Crippen LogP contribution in [0.1, 0.15) is 51.5 Å². The van der Waals surface area contributed by atoms with Crippen molar-refractivity contribution in [1.29, 1.82) is 0 Å². The highest BCUT2D eigenvalue weighted by Gasteiger charge is 2.28. The van der Waals surface area contributed by atoms with Gasteiger partial charge >= 0.3 is 0 Å². The molecule has 0 atom stereocenters. The molecule has 164 valence electrons. The number of aryl methyl sites for hydroxylation is 2. The molecule has 31 heavy (non-hydrogen) atoms. The minimum atomic E-state index is -0.122. The largest absolute Gasteiger partial charge is 0.322 e. The number of rotatable bonds is 4. The summed E-state index contributed by atoms with van der Waals surface area (Å²) in [6.45, 7) is 7.88. The smallest absolute Gasteiger partial charge is 0.259 e. The van der Waals surface area contributed by atoms with Crippen molar-refractivity contribution < 1.29 is 4.79 Å². The molecule has 0 saturated carbocycles. The molecule has 1 amide bonds. The number of halogens is 2. The Hall–Kier alpha value is -2.34. The molecule has 2 aromatic carbocycles. The van der Waals surface area contributed by atoms with Gasteiger partial charge in [0.25, 0.3) is 5.91 Å². The Kier molecular flexibility index (Phi) is 7.42. The molecular formula is C24H28Cl2N4O. The van der Waals surface area contributed by atoms with E-state index < -0.39 is 0 Å². The molecule has 4 rings (SSSR count). The summed E-state index contributed by atoms with van der Waals surface area (Å²) >= 11 is 6.38. The number of anilines is 1. The van der Waals surface area contributed by atoms with E-state index in [2.05, 4.69) is 15.7 Å². The first-order chi connectivity index (χ1) is 14.5. The van der Waals surface area contributed by atoms with E-state index in [9.17, 15) is 4.79 Å². The summed E-state index contributed by atoms with van der Waals surface area (Å²) in [6.07, 6.45) is 3.63. The summed E-state index contributed by atoms with van der Waals surface area (Å²) in [5, 5.41) is 11.8. The van der Waals surface area contributed by atoms with Gasteiger partial charge < -0.3 is 10.6 Å². The molecule has 7 heteroatoms. The predicted octanol–water partition coefficient (Wildman–Crippen LogP) is 5.59. The summed E-state index contributed by atoms with van der Waals surface area (Å²) in [4.78, 5) is 13.3. The fourth-order valence-corrected chi connectivity index (χ4v) is 4.27. The molecule has 0 bridgehead atoms. The van der Waals surface area contributed by atoms with Gasteiger partial charge in [0.2, 0.25) is 0 Å². The van der Waals surface area contributed by atoms with Gasteiger partial charge in [-0.2, -0.15) is 5.10 Å². The average molecular weight is 459 g/mol. The first-order valence-corrected chi connectivity index (χ1v) is 10.8. The molecule has 1 aromatic heterocycles. The fraction of sp³-hybridized carbons (Fsp3) is 0.333. The second kappa shape index (κ2) is 9.86. The van der Waals surface area contributed by atoms with Crippen molar-refractivity contribution >= 4 is 35.6 Å². The second-order valence-corrected chi connectivity index (χ2v) is 8.44. The molecule has 1 aliphatic rings. The lowest BCUT2D eigenvalue weighted by atomic mass is 9.91. The molecule has 2 heterocycles. The number of amides is 1. The van der Waals surface area contributed by atoms with Crippen molar-refractivity contribution in [2.45, 2.75) is 39.5 Å². The minimum absolute atomic E-state index is 0. The molecule has 1 aliphatic heterocycles. The number of aromatic nitrogens is 2. The van der Waals surface area contributed by atoms with E-state index >= 15 is 0 Å². The first kappa shape index (κ1) is 23.3. The van der Waals surface area contributed by atoms with E-state index in [0.717, 1.165) is 59.7 Å². The number of nitrogens with zero attached hydrogens (tertiary/aromatic N) is 2. The number of hydrogen-bond acceptors (Lipinski definition) is 3. The van der Waals surface area contributed by atoms with Gasteiger partial charge in [-0.25, -0.2) is 4.68 Å². The molecule has 1 saturated heterocycles. The fourth-order valence-electron chi connectivity index (χ4n) is 4.10. The molecule has 2 N–H and O–H groups in total. The summed E-state index contributed by atoms with van der Waals surface area (Å²) < 4.78 is 1.91. The zero-order valence-corrected chi connectivity index (χ0v) is 19.6. The van der Waals surface area contributed by atoms with Gasteiger partial charge in [0, 0.05) is 16.6 Å². The van der Waals surface area contributed by atoms with Crippen LogP contribution in [0.2, 0.25) is 5.02 Å². The summed E-state index contributed by atoms with van der Waals surface area (Å²) in [7, 11) is 0. The predicted molar refractivity (Wildman–Crippen MR) is 129 cm³/mol. The Morgan fingerprint density at radius 2 is 1.90 bits per heavy atom. The highest BCUT2D eigenvalue weighted by molar-refractivity contribution is 6.31. The van der Waals surface area contributed by atoms with Crippen LogP contribution < -0.4 is 10.6 Å². The van der Waals surface area contributed by atoms with Crippen LogP contribution in [0.15, 0.2) is 42.6 Å². The topological polar surface area (TPSA) is 59.0 Å². The zero-order valence-electron chi connectivity index (χ0n) is 18.0. The molecule has 3 aromatic rings. The summed E-state index contributed by atoms with van der Waals surface area (Å²) in [5.41, 5.74) is 6.45. The van der Waals surface area contributed by atoms with Crippen molar-refractivity contribution in [3.63, 3.8) is 0 Å². The van der Waals surface area contributed by atoms with Crippen LogP contribution in [0.4, 0.5) is 5.69 Å². The van der Waals surface area contributed by atoms with Crippen LogP contribution in [0.25, 0.3) is 5.69 Å². The van der Waals surface area contributed by atoms with Gasteiger partial charge in [-0.05, 0) is 81.6 Å². The summed E-state index contributed by atoms with van der Waals surface area (Å²) in [6, 6.07) is 11.9. The molecule has 0 unspecified atom stereocenters. The zero-order chi connectivity index (χ0) is 21.3. The van der Waals surface area contributed by atoms with Gasteiger partial charge in [0.1, 0.15) is 0 Å². The Labute approximate surface area is 194 Å². The van der Waals surface area contributed by atoms with Gasteiger partial charge in [-0.3, -0.25) is 4.79 Å². The van der Waals surface area contributed by atoms with Gasteiger partial charge in [-0.15, -0.1) is 12.4 Å². The normalized spacial score (nSPS) is 14.2. The summed E-state index contributed by atoms with van der Waals surface area (Å²) in [5.74, 6) is 0.134. The third-order valence-electron chi connectivity index (χ3n) is 5.89. The van der Waals surface area contributed by atoms with Gasteiger partial charge in [0.15, 0.2) is 0 Å². The average Bonchev–Trinajstić information content (AvgIpc) is 3.18. The molecule has 5 nitrogen and oxygen atoms in total. The lowest BCUT2D eigenvalue weighted by Gasteiger charge is -2.25. The van der Waals surface area contributed by atoms with Crippen LogP contribution >= 0.6 is 24.0 Å². The third-order valence-corrected chi connectivity index (χ3v) is 6.29. The monoisotopic (exact) mass is 458 g/mol. The SMILES string of the molecule is Cc1ccc(C)c(NC(=O)c2cnn(-c3cccc(Cl)c3C)c2C2CCNCC2)c1.Cl. The van der Waals surface area contributed by atoms with E-state index in [-0.39, 0.29) is 24.2 Å². The Bertz CT molecular complexity index is 1090. The number of piperidine rings is 1. The Morgan fingerprint density at radius 3 is 2.65 bits per heavy atom. The maximum absolute atomic E-state index is 13.3. The number of hydrogen-bond donors (Lipinski definition) is 2. The number of nitrogens with one attached hydrogen (secondary N) is 2. The molecule has 1 fully saturated rings. The maximum atomic E-state index is 13.3. The molecular weight excluding hydrogens is 431 g/mol. The van der Waals surface area contributed by atoms with Crippen LogP contribution in [-0.2, 0) is 0 Å². The van der Waals surface area contributed by atoms with Gasteiger partial charge in [-0.1, -0.05) is 29.8 Å². The highest BCUT2D eigenvalue weighted by atomic mass is 35.5. The van der Waals surface area contributed by atoms with Crippen molar-refractivity contribution in [1.82, 2.24) is 15.1 Å². The van der Waals surface area contributed by atoms with Crippen LogP contribution in [-0.4, -0.2) is 28.8 Å².